The van der Waals surface area contributed by atoms with Gasteiger partial charge in [0.15, 0.2) is 0 Å². The third-order valence-electron chi connectivity index (χ3n) is 4.58. The summed E-state index contributed by atoms with van der Waals surface area (Å²) in [5, 5.41) is 0.378. The van der Waals surface area contributed by atoms with Gasteiger partial charge in [0, 0.05) is 36.8 Å². The van der Waals surface area contributed by atoms with E-state index >= 15 is 0 Å². The van der Waals surface area contributed by atoms with Crippen molar-refractivity contribution in [3.05, 3.63) is 70.2 Å². The number of amides is 1. The first-order valence-corrected chi connectivity index (χ1v) is 8.97. The Bertz CT molecular complexity index is 758. The molecule has 0 saturated heterocycles. The first kappa shape index (κ1) is 18.8. The molecule has 0 bridgehead atoms. The number of nitrogens with zero attached hydrogens (tertiary/aromatic N) is 2. The van der Waals surface area contributed by atoms with Gasteiger partial charge in [-0.25, -0.2) is 8.78 Å². The third kappa shape index (κ3) is 4.80. The van der Waals surface area contributed by atoms with Crippen LogP contribution >= 0.6 is 11.6 Å². The van der Waals surface area contributed by atoms with Crippen molar-refractivity contribution >= 4 is 17.5 Å². The first-order chi connectivity index (χ1) is 12.4. The number of hydrogen-bond donors (Lipinski definition) is 0. The summed E-state index contributed by atoms with van der Waals surface area (Å²) in [7, 11) is 1.72. The van der Waals surface area contributed by atoms with Crippen LogP contribution in [0, 0.1) is 11.6 Å². The zero-order chi connectivity index (χ0) is 18.7. The van der Waals surface area contributed by atoms with Gasteiger partial charge in [0.1, 0.15) is 11.6 Å². The lowest BCUT2D eigenvalue weighted by Crippen LogP contribution is -2.39. The lowest BCUT2D eigenvalue weighted by Gasteiger charge is -2.25. The van der Waals surface area contributed by atoms with Crippen LogP contribution < -0.4 is 0 Å². The summed E-state index contributed by atoms with van der Waals surface area (Å²) in [6.07, 6.45) is 2.00. The first-order valence-electron chi connectivity index (χ1n) is 8.59. The molecule has 2 aromatic carbocycles. The van der Waals surface area contributed by atoms with Gasteiger partial charge in [-0.15, -0.1) is 0 Å². The van der Waals surface area contributed by atoms with Crippen molar-refractivity contribution in [2.24, 2.45) is 0 Å². The maximum Gasteiger partial charge on any atom is 0.236 e. The average Bonchev–Trinajstić information content (AvgIpc) is 3.44. The molecular weight excluding hydrogens is 358 g/mol. The lowest BCUT2D eigenvalue weighted by atomic mass is 10.2. The van der Waals surface area contributed by atoms with Crippen molar-refractivity contribution in [3.8, 4) is 0 Å². The highest BCUT2D eigenvalue weighted by atomic mass is 35.5. The minimum atomic E-state index is -0.352. The number of rotatable bonds is 7. The summed E-state index contributed by atoms with van der Waals surface area (Å²) in [5.41, 5.74) is 1.28. The van der Waals surface area contributed by atoms with Gasteiger partial charge >= 0.3 is 0 Å². The predicted molar refractivity (Wildman–Crippen MR) is 97.7 cm³/mol. The third-order valence-corrected chi connectivity index (χ3v) is 4.94. The predicted octanol–water partition coefficient (Wildman–Crippen LogP) is 4.24. The smallest absolute Gasteiger partial charge is 0.236 e. The molecule has 0 unspecified atom stereocenters. The van der Waals surface area contributed by atoms with E-state index in [1.54, 1.807) is 36.2 Å². The van der Waals surface area contributed by atoms with Gasteiger partial charge in [-0.2, -0.15) is 0 Å². The van der Waals surface area contributed by atoms with Gasteiger partial charge in [0.25, 0.3) is 0 Å². The molecular formula is C20H21ClF2N2O. The fraction of sp³-hybridized carbons (Fsp3) is 0.350. The Balaban J connectivity index is 1.64. The van der Waals surface area contributed by atoms with Gasteiger partial charge in [-0.05, 0) is 42.7 Å². The highest BCUT2D eigenvalue weighted by Gasteiger charge is 2.32. The van der Waals surface area contributed by atoms with Gasteiger partial charge in [-0.3, -0.25) is 9.69 Å². The van der Waals surface area contributed by atoms with E-state index in [0.29, 0.717) is 23.7 Å². The molecule has 1 aliphatic carbocycles. The largest absolute Gasteiger partial charge is 0.340 e. The second kappa shape index (κ2) is 8.14. The molecule has 0 radical (unpaired) electrons. The standard InChI is InChI=1S/C20H21ClF2N2O/c1-24(11-14-5-7-15(22)8-6-14)20(26)13-25(16-9-10-16)12-17-18(21)3-2-4-19(17)23/h2-8,16H,9-13H2,1H3. The van der Waals surface area contributed by atoms with Crippen LogP contribution in [0.4, 0.5) is 8.78 Å². The minimum absolute atomic E-state index is 0.0614. The average molecular weight is 379 g/mol. The minimum Gasteiger partial charge on any atom is -0.340 e. The molecule has 138 valence electrons. The van der Waals surface area contributed by atoms with Crippen LogP contribution in [-0.4, -0.2) is 35.3 Å². The second-order valence-corrected chi connectivity index (χ2v) is 7.12. The molecule has 26 heavy (non-hydrogen) atoms. The molecule has 0 aromatic heterocycles. The van der Waals surface area contributed by atoms with Crippen LogP contribution in [0.1, 0.15) is 24.0 Å². The van der Waals surface area contributed by atoms with E-state index < -0.39 is 0 Å². The molecule has 0 N–H and O–H groups in total. The van der Waals surface area contributed by atoms with Crippen LogP contribution in [0.25, 0.3) is 0 Å². The Hall–Kier alpha value is -1.98. The van der Waals surface area contributed by atoms with Crippen LogP contribution in [-0.2, 0) is 17.9 Å². The van der Waals surface area contributed by atoms with E-state index in [1.807, 2.05) is 4.90 Å². The summed E-state index contributed by atoms with van der Waals surface area (Å²) >= 11 is 6.13. The normalized spacial score (nSPS) is 13.9. The number of hydrogen-bond acceptors (Lipinski definition) is 2. The molecule has 3 nitrogen and oxygen atoms in total. The number of carbonyl (C=O) groups is 1. The number of halogens is 3. The zero-order valence-electron chi connectivity index (χ0n) is 14.6. The number of likely N-dealkylation sites (N-methyl/N-ethyl adjacent to an activating group) is 1. The topological polar surface area (TPSA) is 23.6 Å². The number of carbonyl (C=O) groups excluding carboxylic acids is 1. The van der Waals surface area contributed by atoms with E-state index in [1.165, 1.54) is 18.2 Å². The maximum absolute atomic E-state index is 14.1. The molecule has 6 heteroatoms. The fourth-order valence-corrected chi connectivity index (χ4v) is 3.11. The monoisotopic (exact) mass is 378 g/mol. The van der Waals surface area contributed by atoms with Crippen molar-refractivity contribution in [2.75, 3.05) is 13.6 Å². The van der Waals surface area contributed by atoms with Crippen molar-refractivity contribution in [3.63, 3.8) is 0 Å². The highest BCUT2D eigenvalue weighted by Crippen LogP contribution is 2.30. The van der Waals surface area contributed by atoms with Crippen LogP contribution in [0.15, 0.2) is 42.5 Å². The Morgan fingerprint density at radius 1 is 1.12 bits per heavy atom. The van der Waals surface area contributed by atoms with Gasteiger partial charge in [0.2, 0.25) is 5.91 Å². The molecule has 1 aliphatic rings. The summed E-state index contributed by atoms with van der Waals surface area (Å²) in [5.74, 6) is -0.714. The van der Waals surface area contributed by atoms with Crippen LogP contribution in [0.5, 0.6) is 0 Å². The van der Waals surface area contributed by atoms with Crippen molar-refractivity contribution < 1.29 is 13.6 Å². The van der Waals surface area contributed by atoms with E-state index in [2.05, 4.69) is 0 Å². The maximum atomic E-state index is 14.1. The van der Waals surface area contributed by atoms with E-state index in [9.17, 15) is 13.6 Å². The summed E-state index contributed by atoms with van der Waals surface area (Å²) in [6.45, 7) is 0.914. The van der Waals surface area contributed by atoms with Gasteiger partial charge in [0.05, 0.1) is 6.54 Å². The fourth-order valence-electron chi connectivity index (χ4n) is 2.89. The molecule has 1 saturated carbocycles. The summed E-state index contributed by atoms with van der Waals surface area (Å²) in [6, 6.07) is 11.0. The molecule has 0 spiro atoms. The van der Waals surface area contributed by atoms with Gasteiger partial charge < -0.3 is 4.90 Å². The second-order valence-electron chi connectivity index (χ2n) is 6.71. The Labute approximate surface area is 157 Å². The Morgan fingerprint density at radius 3 is 2.42 bits per heavy atom. The van der Waals surface area contributed by atoms with Crippen LogP contribution in [0.2, 0.25) is 5.02 Å². The Morgan fingerprint density at radius 2 is 1.81 bits per heavy atom. The van der Waals surface area contributed by atoms with Crippen molar-refractivity contribution in [1.29, 1.82) is 0 Å². The molecule has 3 rings (SSSR count). The Kier molecular flexibility index (Phi) is 5.89. The molecule has 1 amide bonds. The zero-order valence-corrected chi connectivity index (χ0v) is 15.3. The summed E-state index contributed by atoms with van der Waals surface area (Å²) in [4.78, 5) is 16.2. The molecule has 0 atom stereocenters. The molecule has 1 fully saturated rings. The van der Waals surface area contributed by atoms with E-state index in [4.69, 9.17) is 11.6 Å². The molecule has 2 aromatic rings. The van der Waals surface area contributed by atoms with Gasteiger partial charge in [-0.1, -0.05) is 29.8 Å². The number of benzene rings is 2. The van der Waals surface area contributed by atoms with E-state index in [-0.39, 0.29) is 30.1 Å². The highest BCUT2D eigenvalue weighted by molar-refractivity contribution is 6.31. The molecule has 0 heterocycles. The van der Waals surface area contributed by atoms with Crippen molar-refractivity contribution in [1.82, 2.24) is 9.80 Å². The SMILES string of the molecule is CN(Cc1ccc(F)cc1)C(=O)CN(Cc1c(F)cccc1Cl)C1CC1. The molecule has 0 aliphatic heterocycles. The lowest BCUT2D eigenvalue weighted by molar-refractivity contribution is -0.132. The quantitative estimate of drug-likeness (QED) is 0.719. The van der Waals surface area contributed by atoms with Crippen LogP contribution in [0.3, 0.4) is 0 Å². The summed E-state index contributed by atoms with van der Waals surface area (Å²) < 4.78 is 27.1. The van der Waals surface area contributed by atoms with E-state index in [0.717, 1.165) is 18.4 Å². The van der Waals surface area contributed by atoms with Crippen molar-refractivity contribution in [2.45, 2.75) is 32.0 Å².